The van der Waals surface area contributed by atoms with Crippen LogP contribution in [0.15, 0.2) is 41.7 Å². The van der Waals surface area contributed by atoms with Crippen molar-refractivity contribution in [1.29, 1.82) is 5.26 Å². The van der Waals surface area contributed by atoms with Crippen molar-refractivity contribution in [1.82, 2.24) is 9.97 Å². The molecule has 1 fully saturated rings. The van der Waals surface area contributed by atoms with Crippen LogP contribution in [0, 0.1) is 17.4 Å². The summed E-state index contributed by atoms with van der Waals surface area (Å²) in [5, 5.41) is 17.5. The fourth-order valence-corrected chi connectivity index (χ4v) is 3.61. The topological polar surface area (TPSA) is 125 Å². The van der Waals surface area contributed by atoms with Gasteiger partial charge in [0.25, 0.3) is 0 Å². The minimum atomic E-state index is -0.702. The molecule has 0 amide bonds. The number of carboxylic acid groups (broad SMARTS) is 1. The van der Waals surface area contributed by atoms with E-state index in [1.807, 2.05) is 12.1 Å². The van der Waals surface area contributed by atoms with Crippen molar-refractivity contribution in [2.45, 2.75) is 38.0 Å². The Labute approximate surface area is 157 Å². The molecule has 0 unspecified atom stereocenters. The van der Waals surface area contributed by atoms with Crippen LogP contribution >= 0.6 is 0 Å². The highest BCUT2D eigenvalue weighted by atomic mass is 16.4. The van der Waals surface area contributed by atoms with E-state index in [1.165, 1.54) is 11.8 Å². The first kappa shape index (κ1) is 18.5. The van der Waals surface area contributed by atoms with Gasteiger partial charge in [0.05, 0.1) is 18.1 Å². The molecule has 1 aromatic heterocycles. The SMILES string of the molecule is N#CN=C(N)c1cncc(-c2ccc(C3CCC(CC(=O)O)CC3)cc2)n1. The van der Waals surface area contributed by atoms with Crippen molar-refractivity contribution in [3.05, 3.63) is 47.9 Å². The third-order valence-electron chi connectivity index (χ3n) is 5.06. The highest BCUT2D eigenvalue weighted by Gasteiger charge is 2.24. The lowest BCUT2D eigenvalue weighted by molar-refractivity contribution is -0.138. The first-order chi connectivity index (χ1) is 13.1. The summed E-state index contributed by atoms with van der Waals surface area (Å²) in [4.78, 5) is 22.9. The minimum Gasteiger partial charge on any atom is -0.481 e. The van der Waals surface area contributed by atoms with Gasteiger partial charge in [-0.25, -0.2) is 4.98 Å². The maximum atomic E-state index is 10.9. The van der Waals surface area contributed by atoms with E-state index >= 15 is 0 Å². The van der Waals surface area contributed by atoms with E-state index in [4.69, 9.17) is 16.1 Å². The van der Waals surface area contributed by atoms with Crippen molar-refractivity contribution in [2.75, 3.05) is 0 Å². The van der Waals surface area contributed by atoms with Crippen molar-refractivity contribution < 1.29 is 9.90 Å². The third kappa shape index (κ3) is 4.67. The fraction of sp³-hybridized carbons (Fsp3) is 0.350. The molecule has 0 radical (unpaired) electrons. The van der Waals surface area contributed by atoms with Gasteiger partial charge < -0.3 is 10.8 Å². The molecular weight excluding hydrogens is 342 g/mol. The minimum absolute atomic E-state index is 0.0431. The summed E-state index contributed by atoms with van der Waals surface area (Å²) in [7, 11) is 0. The van der Waals surface area contributed by atoms with Gasteiger partial charge in [-0.15, -0.1) is 0 Å². The Morgan fingerprint density at radius 3 is 2.56 bits per heavy atom. The predicted molar refractivity (Wildman–Crippen MR) is 101 cm³/mol. The zero-order valence-electron chi connectivity index (χ0n) is 14.9. The molecule has 7 heteroatoms. The van der Waals surface area contributed by atoms with E-state index in [2.05, 4.69) is 27.1 Å². The highest BCUT2D eigenvalue weighted by Crippen LogP contribution is 2.37. The van der Waals surface area contributed by atoms with Gasteiger partial charge in [0, 0.05) is 12.0 Å². The Hall–Kier alpha value is -3.27. The summed E-state index contributed by atoms with van der Waals surface area (Å²) in [6.07, 6.45) is 9.01. The van der Waals surface area contributed by atoms with Gasteiger partial charge in [-0.1, -0.05) is 24.3 Å². The molecule has 3 N–H and O–H groups in total. The zero-order chi connectivity index (χ0) is 19.2. The Balaban J connectivity index is 1.70. The van der Waals surface area contributed by atoms with E-state index in [1.54, 1.807) is 12.4 Å². The molecule has 0 aliphatic heterocycles. The molecule has 27 heavy (non-hydrogen) atoms. The second kappa shape index (κ2) is 8.41. The number of hydrogen-bond acceptors (Lipinski definition) is 5. The van der Waals surface area contributed by atoms with Crippen LogP contribution in [0.4, 0.5) is 0 Å². The lowest BCUT2D eigenvalue weighted by atomic mass is 9.77. The van der Waals surface area contributed by atoms with Gasteiger partial charge in [0.15, 0.2) is 5.84 Å². The molecule has 7 nitrogen and oxygen atoms in total. The normalized spacial score (nSPS) is 20.0. The number of amidine groups is 1. The van der Waals surface area contributed by atoms with Crippen LogP contribution in [-0.4, -0.2) is 26.9 Å². The van der Waals surface area contributed by atoms with Crippen LogP contribution in [-0.2, 0) is 4.79 Å². The monoisotopic (exact) mass is 363 g/mol. The summed E-state index contributed by atoms with van der Waals surface area (Å²) in [6, 6.07) is 8.20. The first-order valence-electron chi connectivity index (χ1n) is 8.93. The van der Waals surface area contributed by atoms with Crippen molar-refractivity contribution in [3.8, 4) is 17.5 Å². The van der Waals surface area contributed by atoms with Gasteiger partial charge in [-0.05, 0) is 43.1 Å². The average molecular weight is 363 g/mol. The number of rotatable bonds is 5. The Kier molecular flexibility index (Phi) is 5.77. The van der Waals surface area contributed by atoms with Crippen LogP contribution in [0.3, 0.4) is 0 Å². The maximum absolute atomic E-state index is 10.9. The Bertz CT molecular complexity index is 878. The average Bonchev–Trinajstić information content (AvgIpc) is 2.69. The van der Waals surface area contributed by atoms with E-state index in [-0.39, 0.29) is 12.3 Å². The lowest BCUT2D eigenvalue weighted by Gasteiger charge is -2.28. The van der Waals surface area contributed by atoms with Gasteiger partial charge in [0.2, 0.25) is 6.19 Å². The van der Waals surface area contributed by atoms with Crippen molar-refractivity contribution in [2.24, 2.45) is 16.6 Å². The molecule has 138 valence electrons. The fourth-order valence-electron chi connectivity index (χ4n) is 3.61. The molecule has 0 spiro atoms. The second-order valence-corrected chi connectivity index (χ2v) is 6.82. The number of aliphatic imine (C=N–C) groups is 1. The molecule has 3 rings (SSSR count). The van der Waals surface area contributed by atoms with Gasteiger partial charge in [0.1, 0.15) is 5.69 Å². The number of carbonyl (C=O) groups is 1. The highest BCUT2D eigenvalue weighted by molar-refractivity contribution is 5.96. The summed E-state index contributed by atoms with van der Waals surface area (Å²) in [5.41, 5.74) is 8.92. The molecule has 1 aliphatic carbocycles. The summed E-state index contributed by atoms with van der Waals surface area (Å²) in [5.74, 6) is 0.115. The molecule has 2 aromatic rings. The summed E-state index contributed by atoms with van der Waals surface area (Å²) in [6.45, 7) is 0. The third-order valence-corrected chi connectivity index (χ3v) is 5.06. The Morgan fingerprint density at radius 2 is 1.93 bits per heavy atom. The number of benzene rings is 1. The van der Waals surface area contributed by atoms with Crippen LogP contribution in [0.5, 0.6) is 0 Å². The first-order valence-corrected chi connectivity index (χ1v) is 8.93. The Morgan fingerprint density at radius 1 is 1.22 bits per heavy atom. The number of aliphatic carboxylic acids is 1. The van der Waals surface area contributed by atoms with Crippen molar-refractivity contribution in [3.63, 3.8) is 0 Å². The molecule has 0 saturated heterocycles. The summed E-state index contributed by atoms with van der Waals surface area (Å²) < 4.78 is 0. The quantitative estimate of drug-likeness (QED) is 0.478. The molecule has 1 heterocycles. The summed E-state index contributed by atoms with van der Waals surface area (Å²) >= 11 is 0. The van der Waals surface area contributed by atoms with Crippen LogP contribution in [0.25, 0.3) is 11.3 Å². The van der Waals surface area contributed by atoms with Crippen molar-refractivity contribution >= 4 is 11.8 Å². The van der Waals surface area contributed by atoms with Gasteiger partial charge >= 0.3 is 5.97 Å². The second-order valence-electron chi connectivity index (χ2n) is 6.82. The number of hydrogen-bond donors (Lipinski definition) is 2. The number of nitrogens with two attached hydrogens (primary N) is 1. The van der Waals surface area contributed by atoms with Crippen LogP contribution < -0.4 is 5.73 Å². The van der Waals surface area contributed by atoms with E-state index < -0.39 is 5.97 Å². The predicted octanol–water partition coefficient (Wildman–Crippen LogP) is 3.08. The van der Waals surface area contributed by atoms with Crippen LogP contribution in [0.1, 0.15) is 49.3 Å². The largest absolute Gasteiger partial charge is 0.481 e. The number of carboxylic acids is 1. The van der Waals surface area contributed by atoms with E-state index in [0.717, 1.165) is 31.2 Å². The number of nitriles is 1. The standard InChI is InChI=1S/C20H21N5O2/c21-12-24-20(22)18-11-23-10-17(25-18)16-7-5-15(6-8-16)14-3-1-13(2-4-14)9-19(26)27/h5-8,10-11,13-14H,1-4,9H2,(H2,22,24)(H,26,27). The molecule has 0 bridgehead atoms. The smallest absolute Gasteiger partial charge is 0.303 e. The number of aromatic nitrogens is 2. The lowest BCUT2D eigenvalue weighted by Crippen LogP contribution is -2.16. The molecule has 0 atom stereocenters. The number of nitrogens with zero attached hydrogens (tertiary/aromatic N) is 4. The molecule has 1 aromatic carbocycles. The molecule has 1 saturated carbocycles. The maximum Gasteiger partial charge on any atom is 0.303 e. The zero-order valence-corrected chi connectivity index (χ0v) is 14.9. The van der Waals surface area contributed by atoms with Gasteiger partial charge in [-0.3, -0.25) is 9.78 Å². The van der Waals surface area contributed by atoms with E-state index in [0.29, 0.717) is 23.2 Å². The van der Waals surface area contributed by atoms with Gasteiger partial charge in [-0.2, -0.15) is 10.3 Å². The van der Waals surface area contributed by atoms with E-state index in [9.17, 15) is 4.79 Å². The molecule has 1 aliphatic rings. The molecular formula is C20H21N5O2. The van der Waals surface area contributed by atoms with Crippen LogP contribution in [0.2, 0.25) is 0 Å².